The summed E-state index contributed by atoms with van der Waals surface area (Å²) in [6, 6.07) is 9.90. The van der Waals surface area contributed by atoms with Crippen LogP contribution in [0.3, 0.4) is 0 Å². The molecule has 1 aliphatic rings. The Hall–Kier alpha value is -1.79. The molecule has 0 radical (unpaired) electrons. The quantitative estimate of drug-likeness (QED) is 0.614. The van der Waals surface area contributed by atoms with Crippen molar-refractivity contribution in [3.63, 3.8) is 0 Å². The zero-order chi connectivity index (χ0) is 18.5. The van der Waals surface area contributed by atoms with Gasteiger partial charge in [-0.15, -0.1) is 22.0 Å². The average Bonchev–Trinajstić information content (AvgIpc) is 3.01. The number of rotatable bonds is 4. The Bertz CT molecular complexity index is 935. The molecule has 0 amide bonds. The molecule has 0 unspecified atom stereocenters. The van der Waals surface area contributed by atoms with Crippen LogP contribution in [0, 0.1) is 0 Å². The summed E-state index contributed by atoms with van der Waals surface area (Å²) < 4.78 is 7.76. The van der Waals surface area contributed by atoms with Crippen molar-refractivity contribution in [3.8, 4) is 11.6 Å². The molecular formula is C19H21ClN4OS. The third-order valence-electron chi connectivity index (χ3n) is 4.51. The third kappa shape index (κ3) is 3.28. The van der Waals surface area contributed by atoms with Gasteiger partial charge < -0.3 is 4.42 Å². The van der Waals surface area contributed by atoms with E-state index in [1.807, 2.05) is 42.1 Å². The van der Waals surface area contributed by atoms with E-state index in [9.17, 15) is 0 Å². The zero-order valence-electron chi connectivity index (χ0n) is 15.3. The van der Waals surface area contributed by atoms with E-state index in [1.54, 1.807) is 11.8 Å². The first-order valence-electron chi connectivity index (χ1n) is 8.60. The molecule has 5 nitrogen and oxygen atoms in total. The molecule has 0 bridgehead atoms. The topological polar surface area (TPSA) is 56.7 Å². The van der Waals surface area contributed by atoms with Crippen LogP contribution in [0.4, 0.5) is 0 Å². The molecule has 1 aliphatic carbocycles. The molecule has 26 heavy (non-hydrogen) atoms. The largest absolute Gasteiger partial charge is 0.418 e. The summed E-state index contributed by atoms with van der Waals surface area (Å²) in [7, 11) is 1.91. The highest BCUT2D eigenvalue weighted by molar-refractivity contribution is 8.00. The van der Waals surface area contributed by atoms with Crippen LogP contribution in [0.25, 0.3) is 11.6 Å². The van der Waals surface area contributed by atoms with Crippen molar-refractivity contribution >= 4 is 23.4 Å². The van der Waals surface area contributed by atoms with Crippen molar-refractivity contribution in [1.29, 1.82) is 0 Å². The van der Waals surface area contributed by atoms with Gasteiger partial charge in [0, 0.05) is 22.4 Å². The van der Waals surface area contributed by atoms with Gasteiger partial charge in [-0.05, 0) is 43.2 Å². The summed E-state index contributed by atoms with van der Waals surface area (Å²) >= 11 is 7.74. The molecular weight excluding hydrogens is 368 g/mol. The molecule has 2 heterocycles. The van der Waals surface area contributed by atoms with Crippen LogP contribution in [-0.2, 0) is 17.2 Å². The summed E-state index contributed by atoms with van der Waals surface area (Å²) in [4.78, 5) is 1.15. The standard InChI is InChI=1S/C19H21ClN4OS/c1-18(2,3)15-11-14(24(4)23-15)16-21-22-17(25-16)19(9-10-19)26-13-7-5-12(20)6-8-13/h5-8,11H,9-10H2,1-4H3. The molecule has 7 heteroatoms. The fraction of sp³-hybridized carbons (Fsp3) is 0.421. The first kappa shape index (κ1) is 17.6. The summed E-state index contributed by atoms with van der Waals surface area (Å²) in [5.74, 6) is 1.21. The van der Waals surface area contributed by atoms with Crippen molar-refractivity contribution < 1.29 is 4.42 Å². The van der Waals surface area contributed by atoms with Crippen LogP contribution >= 0.6 is 23.4 Å². The van der Waals surface area contributed by atoms with Crippen LogP contribution in [0.1, 0.15) is 45.2 Å². The van der Waals surface area contributed by atoms with Gasteiger partial charge in [0.25, 0.3) is 5.89 Å². The second-order valence-corrected chi connectivity index (χ2v) is 9.64. The lowest BCUT2D eigenvalue weighted by atomic mass is 9.92. The Kier molecular flexibility index (Phi) is 4.15. The van der Waals surface area contributed by atoms with Crippen LogP contribution in [0.2, 0.25) is 5.02 Å². The number of thioether (sulfide) groups is 1. The minimum atomic E-state index is -0.121. The highest BCUT2D eigenvalue weighted by Gasteiger charge is 2.50. The van der Waals surface area contributed by atoms with Gasteiger partial charge in [0.1, 0.15) is 5.69 Å². The number of nitrogens with zero attached hydrogens (tertiary/aromatic N) is 4. The Balaban J connectivity index is 1.60. The summed E-state index contributed by atoms with van der Waals surface area (Å²) in [6.45, 7) is 6.42. The van der Waals surface area contributed by atoms with Crippen molar-refractivity contribution in [2.75, 3.05) is 0 Å². The van der Waals surface area contributed by atoms with Gasteiger partial charge in [-0.2, -0.15) is 5.10 Å². The van der Waals surface area contributed by atoms with E-state index in [4.69, 9.17) is 16.0 Å². The molecule has 0 atom stereocenters. The molecule has 0 saturated heterocycles. The third-order valence-corrected chi connectivity index (χ3v) is 6.25. The van der Waals surface area contributed by atoms with Crippen molar-refractivity contribution in [1.82, 2.24) is 20.0 Å². The number of aromatic nitrogens is 4. The van der Waals surface area contributed by atoms with E-state index in [1.165, 1.54) is 0 Å². The van der Waals surface area contributed by atoms with Crippen LogP contribution in [0.15, 0.2) is 39.6 Å². The van der Waals surface area contributed by atoms with E-state index >= 15 is 0 Å². The maximum atomic E-state index is 6.07. The first-order valence-corrected chi connectivity index (χ1v) is 9.80. The number of halogens is 1. The predicted octanol–water partition coefficient (Wildman–Crippen LogP) is 5.20. The number of hydrogen-bond acceptors (Lipinski definition) is 5. The predicted molar refractivity (Wildman–Crippen MR) is 103 cm³/mol. The molecule has 1 aromatic carbocycles. The Morgan fingerprint density at radius 3 is 2.42 bits per heavy atom. The van der Waals surface area contributed by atoms with Gasteiger partial charge in [-0.1, -0.05) is 32.4 Å². The van der Waals surface area contributed by atoms with E-state index in [0.717, 1.165) is 34.1 Å². The number of benzene rings is 1. The maximum Gasteiger partial charge on any atom is 0.266 e. The van der Waals surface area contributed by atoms with Gasteiger partial charge in [0.15, 0.2) is 0 Å². The maximum absolute atomic E-state index is 6.07. The van der Waals surface area contributed by atoms with Gasteiger partial charge in [-0.25, -0.2) is 0 Å². The molecule has 0 N–H and O–H groups in total. The van der Waals surface area contributed by atoms with Gasteiger partial charge >= 0.3 is 0 Å². The van der Waals surface area contributed by atoms with Crippen molar-refractivity contribution in [2.24, 2.45) is 7.05 Å². The second kappa shape index (κ2) is 6.13. The monoisotopic (exact) mass is 388 g/mol. The number of hydrogen-bond donors (Lipinski definition) is 0. The molecule has 1 saturated carbocycles. The van der Waals surface area contributed by atoms with Crippen molar-refractivity contribution in [3.05, 3.63) is 46.9 Å². The van der Waals surface area contributed by atoms with E-state index in [-0.39, 0.29) is 10.2 Å². The van der Waals surface area contributed by atoms with Gasteiger partial charge in [0.2, 0.25) is 5.89 Å². The Morgan fingerprint density at radius 2 is 1.85 bits per heavy atom. The summed E-state index contributed by atoms with van der Waals surface area (Å²) in [5, 5.41) is 14.0. The number of aryl methyl sites for hydroxylation is 1. The summed E-state index contributed by atoms with van der Waals surface area (Å²) in [6.07, 6.45) is 2.06. The van der Waals surface area contributed by atoms with Gasteiger partial charge in [0.05, 0.1) is 10.4 Å². The van der Waals surface area contributed by atoms with E-state index in [0.29, 0.717) is 11.8 Å². The van der Waals surface area contributed by atoms with E-state index < -0.39 is 0 Å². The lowest BCUT2D eigenvalue weighted by molar-refractivity contribution is 0.492. The normalized spacial score (nSPS) is 16.0. The van der Waals surface area contributed by atoms with E-state index in [2.05, 4.69) is 36.1 Å². The average molecular weight is 389 g/mol. The van der Waals surface area contributed by atoms with Crippen LogP contribution in [0.5, 0.6) is 0 Å². The first-order chi connectivity index (χ1) is 12.3. The highest BCUT2D eigenvalue weighted by Crippen LogP contribution is 2.59. The fourth-order valence-corrected chi connectivity index (χ4v) is 4.07. The highest BCUT2D eigenvalue weighted by atomic mass is 35.5. The molecule has 2 aromatic heterocycles. The molecule has 0 spiro atoms. The SMILES string of the molecule is Cn1nc(C(C)(C)C)cc1-c1nnc(C2(Sc3ccc(Cl)cc3)CC2)o1. The van der Waals surface area contributed by atoms with Gasteiger partial charge in [-0.3, -0.25) is 4.68 Å². The lowest BCUT2D eigenvalue weighted by Gasteiger charge is -2.13. The molecule has 0 aliphatic heterocycles. The minimum absolute atomic E-state index is 0.0268. The molecule has 136 valence electrons. The van der Waals surface area contributed by atoms with Crippen LogP contribution in [-0.4, -0.2) is 20.0 Å². The van der Waals surface area contributed by atoms with Crippen LogP contribution < -0.4 is 0 Å². The Morgan fingerprint density at radius 1 is 1.15 bits per heavy atom. The molecule has 3 aromatic rings. The molecule has 4 rings (SSSR count). The zero-order valence-corrected chi connectivity index (χ0v) is 16.9. The minimum Gasteiger partial charge on any atom is -0.418 e. The lowest BCUT2D eigenvalue weighted by Crippen LogP contribution is -2.12. The van der Waals surface area contributed by atoms with Crippen molar-refractivity contribution in [2.45, 2.75) is 48.7 Å². The molecule has 1 fully saturated rings. The fourth-order valence-electron chi connectivity index (χ4n) is 2.75. The Labute approximate surface area is 162 Å². The smallest absolute Gasteiger partial charge is 0.266 e. The second-order valence-electron chi connectivity index (χ2n) is 7.75. The summed E-state index contributed by atoms with van der Waals surface area (Å²) in [5.41, 5.74) is 1.83.